The van der Waals surface area contributed by atoms with Gasteiger partial charge in [0.15, 0.2) is 5.78 Å². The maximum Gasteiger partial charge on any atom is 0.190 e. The number of nitrogens with zero attached hydrogens (tertiary/aromatic N) is 1. The number of halogens is 1. The molecular formula is C16H20BrNO2. The molecule has 0 bridgehead atoms. The normalized spacial score (nSPS) is 27.1. The van der Waals surface area contributed by atoms with E-state index in [1.165, 1.54) is 19.3 Å². The van der Waals surface area contributed by atoms with E-state index in [9.17, 15) is 4.79 Å². The Morgan fingerprint density at radius 2 is 1.95 bits per heavy atom. The number of fused-ring (bicyclic) bond motifs is 1. The van der Waals surface area contributed by atoms with Gasteiger partial charge in [0.05, 0.1) is 5.56 Å². The third kappa shape index (κ3) is 2.19. The van der Waals surface area contributed by atoms with Crippen LogP contribution in [-0.2, 0) is 0 Å². The lowest BCUT2D eigenvalue weighted by molar-refractivity contribution is 0.0251. The number of hydrogen-bond acceptors (Lipinski definition) is 3. The van der Waals surface area contributed by atoms with Crippen LogP contribution in [0.1, 0.15) is 42.1 Å². The zero-order valence-electron chi connectivity index (χ0n) is 12.0. The molecule has 1 saturated heterocycles. The van der Waals surface area contributed by atoms with Crippen LogP contribution in [0.5, 0.6) is 5.75 Å². The minimum absolute atomic E-state index is 0.196. The molecule has 3 rings (SSSR count). The molecule has 1 fully saturated rings. The molecule has 0 amide bonds. The molecule has 2 aliphatic rings. The molecule has 1 atom stereocenters. The molecule has 20 heavy (non-hydrogen) atoms. The van der Waals surface area contributed by atoms with Crippen molar-refractivity contribution in [2.45, 2.75) is 38.6 Å². The first-order valence-corrected chi connectivity index (χ1v) is 8.04. The van der Waals surface area contributed by atoms with Crippen molar-refractivity contribution in [2.24, 2.45) is 0 Å². The fraction of sp³-hybridized carbons (Fsp3) is 0.562. The number of ether oxygens (including phenoxy) is 1. The van der Waals surface area contributed by atoms with Gasteiger partial charge < -0.3 is 4.74 Å². The predicted molar refractivity (Wildman–Crippen MR) is 82.5 cm³/mol. The largest absolute Gasteiger partial charge is 0.490 e. The van der Waals surface area contributed by atoms with Crippen molar-refractivity contribution in [1.82, 2.24) is 4.90 Å². The highest BCUT2D eigenvalue weighted by molar-refractivity contribution is 9.10. The third-order valence-corrected chi connectivity index (χ3v) is 5.41. The quantitative estimate of drug-likeness (QED) is 0.784. The summed E-state index contributed by atoms with van der Waals surface area (Å²) in [5.41, 5.74) is 1.29. The summed E-state index contributed by atoms with van der Waals surface area (Å²) in [6, 6.07) is 3.86. The van der Waals surface area contributed by atoms with Crippen molar-refractivity contribution < 1.29 is 9.53 Å². The standard InChI is InChI=1S/C16H20BrNO2/c1-11-8-14-12(9-13(11)17)15(19)16(2,10-20-14)18-6-4-3-5-7-18/h8-9H,3-7,10H2,1-2H3. The second-order valence-corrected chi connectivity index (χ2v) is 6.89. The molecule has 1 unspecified atom stereocenters. The summed E-state index contributed by atoms with van der Waals surface area (Å²) in [6.07, 6.45) is 3.61. The fourth-order valence-electron chi connectivity index (χ4n) is 3.15. The van der Waals surface area contributed by atoms with Crippen LogP contribution in [-0.4, -0.2) is 35.9 Å². The Bertz CT molecular complexity index is 552. The van der Waals surface area contributed by atoms with Crippen LogP contribution >= 0.6 is 15.9 Å². The zero-order chi connectivity index (χ0) is 14.3. The summed E-state index contributed by atoms with van der Waals surface area (Å²) in [5, 5.41) is 0. The summed E-state index contributed by atoms with van der Waals surface area (Å²) < 4.78 is 6.88. The first-order valence-electron chi connectivity index (χ1n) is 7.25. The van der Waals surface area contributed by atoms with Crippen LogP contribution in [0.3, 0.4) is 0 Å². The van der Waals surface area contributed by atoms with Crippen molar-refractivity contribution in [1.29, 1.82) is 0 Å². The lowest BCUT2D eigenvalue weighted by atomic mass is 9.85. The molecule has 1 aromatic carbocycles. The number of benzene rings is 1. The Kier molecular flexibility index (Phi) is 3.63. The fourth-order valence-corrected chi connectivity index (χ4v) is 3.49. The molecule has 4 heteroatoms. The highest BCUT2D eigenvalue weighted by atomic mass is 79.9. The average molecular weight is 338 g/mol. The van der Waals surface area contributed by atoms with Crippen molar-refractivity contribution in [3.63, 3.8) is 0 Å². The first-order chi connectivity index (χ1) is 9.52. The first kappa shape index (κ1) is 14.1. The van der Waals surface area contributed by atoms with Gasteiger partial charge in [0.2, 0.25) is 0 Å². The summed E-state index contributed by atoms with van der Waals surface area (Å²) in [4.78, 5) is 15.3. The van der Waals surface area contributed by atoms with E-state index in [2.05, 4.69) is 20.8 Å². The number of carbonyl (C=O) groups excluding carboxylic acids is 1. The Morgan fingerprint density at radius 1 is 1.25 bits per heavy atom. The van der Waals surface area contributed by atoms with Gasteiger partial charge in [-0.05, 0) is 57.5 Å². The molecule has 3 nitrogen and oxygen atoms in total. The molecule has 0 aromatic heterocycles. The van der Waals surface area contributed by atoms with E-state index in [0.717, 1.165) is 28.9 Å². The number of hydrogen-bond donors (Lipinski definition) is 0. The minimum Gasteiger partial charge on any atom is -0.490 e. The predicted octanol–water partition coefficient (Wildman–Crippen LogP) is 3.58. The molecule has 2 aliphatic heterocycles. The molecule has 0 spiro atoms. The summed E-state index contributed by atoms with van der Waals surface area (Å²) in [6.45, 7) is 6.48. The van der Waals surface area contributed by atoms with Crippen molar-refractivity contribution in [3.8, 4) is 5.75 Å². The number of likely N-dealkylation sites (tertiary alicyclic amines) is 1. The molecule has 108 valence electrons. The second-order valence-electron chi connectivity index (χ2n) is 6.04. The van der Waals surface area contributed by atoms with Gasteiger partial charge in [0.1, 0.15) is 17.9 Å². The number of ketones is 1. The average Bonchev–Trinajstić information content (AvgIpc) is 2.46. The van der Waals surface area contributed by atoms with E-state index in [0.29, 0.717) is 12.2 Å². The lowest BCUT2D eigenvalue weighted by Gasteiger charge is -2.44. The maximum atomic E-state index is 13.0. The molecule has 2 heterocycles. The lowest BCUT2D eigenvalue weighted by Crippen LogP contribution is -2.59. The highest BCUT2D eigenvalue weighted by Crippen LogP contribution is 2.36. The van der Waals surface area contributed by atoms with Crippen LogP contribution < -0.4 is 4.74 Å². The van der Waals surface area contributed by atoms with Crippen LogP contribution in [0.25, 0.3) is 0 Å². The molecule has 0 aliphatic carbocycles. The highest BCUT2D eigenvalue weighted by Gasteiger charge is 2.45. The number of rotatable bonds is 1. The van der Waals surface area contributed by atoms with Gasteiger partial charge in [0, 0.05) is 4.47 Å². The van der Waals surface area contributed by atoms with Gasteiger partial charge in [-0.2, -0.15) is 0 Å². The van der Waals surface area contributed by atoms with Crippen molar-refractivity contribution in [3.05, 3.63) is 27.7 Å². The number of piperidine rings is 1. The molecule has 0 N–H and O–H groups in total. The summed E-state index contributed by atoms with van der Waals surface area (Å²) in [5.74, 6) is 0.923. The smallest absolute Gasteiger partial charge is 0.190 e. The van der Waals surface area contributed by atoms with Gasteiger partial charge in [-0.15, -0.1) is 0 Å². The van der Waals surface area contributed by atoms with E-state index in [4.69, 9.17) is 4.74 Å². The Morgan fingerprint density at radius 3 is 2.65 bits per heavy atom. The molecule has 0 saturated carbocycles. The van der Waals surface area contributed by atoms with Crippen LogP contribution in [0.2, 0.25) is 0 Å². The van der Waals surface area contributed by atoms with Crippen LogP contribution in [0.15, 0.2) is 16.6 Å². The molecule has 1 aromatic rings. The Hall–Kier alpha value is -0.870. The monoisotopic (exact) mass is 337 g/mol. The van der Waals surface area contributed by atoms with Crippen LogP contribution in [0, 0.1) is 6.92 Å². The van der Waals surface area contributed by atoms with E-state index in [1.54, 1.807) is 0 Å². The maximum absolute atomic E-state index is 13.0. The molecular weight excluding hydrogens is 318 g/mol. The van der Waals surface area contributed by atoms with E-state index < -0.39 is 5.54 Å². The van der Waals surface area contributed by atoms with E-state index in [-0.39, 0.29) is 5.78 Å². The Labute approximate surface area is 128 Å². The SMILES string of the molecule is Cc1cc2c(cc1Br)C(=O)C(C)(N1CCCCC1)CO2. The van der Waals surface area contributed by atoms with Gasteiger partial charge in [-0.3, -0.25) is 9.69 Å². The van der Waals surface area contributed by atoms with Gasteiger partial charge in [-0.25, -0.2) is 0 Å². The zero-order valence-corrected chi connectivity index (χ0v) is 13.6. The van der Waals surface area contributed by atoms with E-state index in [1.807, 2.05) is 26.0 Å². The Balaban J connectivity index is 1.97. The number of Topliss-reactive ketones (excluding diaryl/α,β-unsaturated/α-hetero) is 1. The second kappa shape index (κ2) is 5.15. The van der Waals surface area contributed by atoms with Crippen molar-refractivity contribution in [2.75, 3.05) is 19.7 Å². The van der Waals surface area contributed by atoms with Crippen LogP contribution in [0.4, 0.5) is 0 Å². The van der Waals surface area contributed by atoms with Gasteiger partial charge in [0.25, 0.3) is 0 Å². The van der Waals surface area contributed by atoms with Gasteiger partial charge >= 0.3 is 0 Å². The summed E-state index contributed by atoms with van der Waals surface area (Å²) >= 11 is 3.51. The number of aryl methyl sites for hydroxylation is 1. The third-order valence-electron chi connectivity index (χ3n) is 4.56. The molecule has 0 radical (unpaired) electrons. The number of carbonyl (C=O) groups is 1. The summed E-state index contributed by atoms with van der Waals surface area (Å²) in [7, 11) is 0. The topological polar surface area (TPSA) is 29.5 Å². The van der Waals surface area contributed by atoms with Crippen molar-refractivity contribution >= 4 is 21.7 Å². The minimum atomic E-state index is -0.512. The van der Waals surface area contributed by atoms with E-state index >= 15 is 0 Å². The van der Waals surface area contributed by atoms with Gasteiger partial charge in [-0.1, -0.05) is 22.4 Å².